The number of rotatable bonds is 3. The Kier molecular flexibility index (Phi) is 2.82. The van der Waals surface area contributed by atoms with Crippen LogP contribution in [0.3, 0.4) is 0 Å². The lowest BCUT2D eigenvalue weighted by Gasteiger charge is -2.07. The quantitative estimate of drug-likeness (QED) is 0.880. The molecule has 2 aromatic rings. The van der Waals surface area contributed by atoms with Crippen molar-refractivity contribution in [2.24, 2.45) is 0 Å². The summed E-state index contributed by atoms with van der Waals surface area (Å²) >= 11 is 0. The van der Waals surface area contributed by atoms with E-state index < -0.39 is 5.97 Å². The third-order valence-electron chi connectivity index (χ3n) is 2.49. The average Bonchev–Trinajstić information content (AvgIpc) is 2.74. The van der Waals surface area contributed by atoms with Crippen molar-refractivity contribution in [2.75, 3.05) is 7.11 Å². The molecule has 0 saturated heterocycles. The number of hydrogen-bond donors (Lipinski definition) is 1. The van der Waals surface area contributed by atoms with Gasteiger partial charge in [0.05, 0.1) is 18.4 Å². The van der Waals surface area contributed by atoms with Crippen molar-refractivity contribution in [3.8, 4) is 16.9 Å². The minimum atomic E-state index is -0.989. The second-order valence-corrected chi connectivity index (χ2v) is 3.53. The maximum atomic E-state index is 10.8. The fourth-order valence-electron chi connectivity index (χ4n) is 1.60. The number of aryl methyl sites for hydroxylation is 1. The Morgan fingerprint density at radius 1 is 1.41 bits per heavy atom. The van der Waals surface area contributed by atoms with Gasteiger partial charge in [0.25, 0.3) is 0 Å². The molecule has 0 spiro atoms. The van der Waals surface area contributed by atoms with Crippen molar-refractivity contribution in [3.63, 3.8) is 0 Å². The van der Waals surface area contributed by atoms with Crippen molar-refractivity contribution in [3.05, 3.63) is 35.7 Å². The van der Waals surface area contributed by atoms with Crippen molar-refractivity contribution < 1.29 is 19.2 Å². The predicted octanol–water partition coefficient (Wildman–Crippen LogP) is 2.36. The highest BCUT2D eigenvalue weighted by Crippen LogP contribution is 2.32. The monoisotopic (exact) mass is 233 g/mol. The fourth-order valence-corrected chi connectivity index (χ4v) is 1.60. The van der Waals surface area contributed by atoms with Gasteiger partial charge in [-0.05, 0) is 25.1 Å². The zero-order valence-corrected chi connectivity index (χ0v) is 9.43. The van der Waals surface area contributed by atoms with E-state index in [-0.39, 0.29) is 5.56 Å². The highest BCUT2D eigenvalue weighted by atomic mass is 16.5. The van der Waals surface area contributed by atoms with Crippen LogP contribution in [0.25, 0.3) is 11.1 Å². The Morgan fingerprint density at radius 3 is 2.71 bits per heavy atom. The van der Waals surface area contributed by atoms with Gasteiger partial charge in [0.1, 0.15) is 12.0 Å². The Morgan fingerprint density at radius 2 is 2.18 bits per heavy atom. The van der Waals surface area contributed by atoms with Crippen LogP contribution in [0.2, 0.25) is 0 Å². The molecule has 0 aliphatic heterocycles. The number of hydrogen-bond acceptors (Lipinski definition) is 4. The molecular formula is C12H11NO4. The number of aromatic nitrogens is 1. The smallest absolute Gasteiger partial charge is 0.335 e. The summed E-state index contributed by atoms with van der Waals surface area (Å²) < 4.78 is 10.0. The summed E-state index contributed by atoms with van der Waals surface area (Å²) in [5.41, 5.74) is 2.46. The van der Waals surface area contributed by atoms with Gasteiger partial charge < -0.3 is 14.4 Å². The van der Waals surface area contributed by atoms with Gasteiger partial charge in [-0.1, -0.05) is 5.16 Å². The Labute approximate surface area is 97.6 Å². The first kappa shape index (κ1) is 11.2. The number of carboxylic acid groups (broad SMARTS) is 1. The molecule has 1 aromatic carbocycles. The van der Waals surface area contributed by atoms with Gasteiger partial charge in [0.2, 0.25) is 0 Å². The van der Waals surface area contributed by atoms with E-state index in [1.54, 1.807) is 6.07 Å². The predicted molar refractivity (Wildman–Crippen MR) is 60.2 cm³/mol. The first-order valence-corrected chi connectivity index (χ1v) is 4.96. The van der Waals surface area contributed by atoms with Crippen LogP contribution in [0.4, 0.5) is 0 Å². The zero-order chi connectivity index (χ0) is 12.4. The molecule has 0 radical (unpaired) electrons. The Hall–Kier alpha value is -2.30. The van der Waals surface area contributed by atoms with E-state index in [1.807, 2.05) is 6.92 Å². The van der Waals surface area contributed by atoms with Gasteiger partial charge in [0, 0.05) is 11.1 Å². The number of benzene rings is 1. The molecule has 0 aliphatic rings. The summed E-state index contributed by atoms with van der Waals surface area (Å²) in [5.74, 6) is -0.506. The molecule has 2 rings (SSSR count). The van der Waals surface area contributed by atoms with Crippen LogP contribution in [0.5, 0.6) is 5.75 Å². The van der Waals surface area contributed by atoms with E-state index >= 15 is 0 Å². The molecular weight excluding hydrogens is 222 g/mol. The standard InChI is InChI=1S/C12H11NO4/c1-7-10(6-17-13-7)9-4-3-8(12(14)15)5-11(9)16-2/h3-6H,1-2H3,(H,14,15). The highest BCUT2D eigenvalue weighted by molar-refractivity contribution is 5.89. The molecule has 0 atom stereocenters. The molecule has 5 nitrogen and oxygen atoms in total. The van der Waals surface area contributed by atoms with Crippen molar-refractivity contribution in [1.82, 2.24) is 5.16 Å². The highest BCUT2D eigenvalue weighted by Gasteiger charge is 2.14. The van der Waals surface area contributed by atoms with E-state index in [9.17, 15) is 4.79 Å². The Balaban J connectivity index is 2.56. The summed E-state index contributed by atoms with van der Waals surface area (Å²) in [4.78, 5) is 10.8. The van der Waals surface area contributed by atoms with Crippen LogP contribution in [-0.2, 0) is 0 Å². The van der Waals surface area contributed by atoms with Crippen molar-refractivity contribution in [1.29, 1.82) is 0 Å². The molecule has 0 saturated carbocycles. The van der Waals surface area contributed by atoms with Crippen LogP contribution in [0.1, 0.15) is 16.1 Å². The fraction of sp³-hybridized carbons (Fsp3) is 0.167. The SMILES string of the molecule is COc1cc(C(=O)O)ccc1-c1conc1C. The van der Waals surface area contributed by atoms with Crippen LogP contribution in [0, 0.1) is 6.92 Å². The summed E-state index contributed by atoms with van der Waals surface area (Å²) in [6.45, 7) is 1.81. The van der Waals surface area contributed by atoms with Gasteiger partial charge in [-0.15, -0.1) is 0 Å². The normalized spacial score (nSPS) is 10.2. The molecule has 0 fully saturated rings. The summed E-state index contributed by atoms with van der Waals surface area (Å²) in [7, 11) is 1.49. The molecule has 5 heteroatoms. The van der Waals surface area contributed by atoms with Crippen LogP contribution in [-0.4, -0.2) is 23.3 Å². The minimum Gasteiger partial charge on any atom is -0.496 e. The van der Waals surface area contributed by atoms with E-state index in [0.717, 1.165) is 16.8 Å². The molecule has 0 aliphatic carbocycles. The largest absolute Gasteiger partial charge is 0.496 e. The van der Waals surface area contributed by atoms with Crippen LogP contribution in [0.15, 0.2) is 29.0 Å². The lowest BCUT2D eigenvalue weighted by molar-refractivity contribution is 0.0696. The number of nitrogens with zero attached hydrogens (tertiary/aromatic N) is 1. The maximum Gasteiger partial charge on any atom is 0.335 e. The Bertz CT molecular complexity index is 559. The summed E-state index contributed by atoms with van der Waals surface area (Å²) in [6.07, 6.45) is 1.51. The number of carboxylic acids is 1. The number of methoxy groups -OCH3 is 1. The maximum absolute atomic E-state index is 10.8. The van der Waals surface area contributed by atoms with Gasteiger partial charge in [-0.25, -0.2) is 4.79 Å². The average molecular weight is 233 g/mol. The summed E-state index contributed by atoms with van der Waals surface area (Å²) in [5, 5.41) is 12.7. The van der Waals surface area contributed by atoms with Crippen LogP contribution < -0.4 is 4.74 Å². The van der Waals surface area contributed by atoms with E-state index in [0.29, 0.717) is 5.75 Å². The van der Waals surface area contributed by atoms with Crippen molar-refractivity contribution >= 4 is 5.97 Å². The third kappa shape index (κ3) is 1.99. The van der Waals surface area contributed by atoms with Gasteiger partial charge in [-0.3, -0.25) is 0 Å². The lowest BCUT2D eigenvalue weighted by Crippen LogP contribution is -1.98. The van der Waals surface area contributed by atoms with E-state index in [1.165, 1.54) is 25.5 Å². The molecule has 88 valence electrons. The molecule has 1 N–H and O–H groups in total. The first-order valence-electron chi connectivity index (χ1n) is 4.96. The second-order valence-electron chi connectivity index (χ2n) is 3.53. The molecule has 1 heterocycles. The van der Waals surface area contributed by atoms with Gasteiger partial charge >= 0.3 is 5.97 Å². The van der Waals surface area contributed by atoms with E-state index in [4.69, 9.17) is 14.4 Å². The molecule has 0 bridgehead atoms. The molecule has 0 unspecified atom stereocenters. The molecule has 17 heavy (non-hydrogen) atoms. The lowest BCUT2D eigenvalue weighted by atomic mass is 10.0. The number of carbonyl (C=O) groups is 1. The molecule has 1 aromatic heterocycles. The summed E-state index contributed by atoms with van der Waals surface area (Å²) in [6, 6.07) is 4.68. The number of aromatic carboxylic acids is 1. The van der Waals surface area contributed by atoms with Gasteiger partial charge in [-0.2, -0.15) is 0 Å². The minimum absolute atomic E-state index is 0.180. The number of ether oxygens (including phenoxy) is 1. The van der Waals surface area contributed by atoms with E-state index in [2.05, 4.69) is 5.16 Å². The molecule has 0 amide bonds. The van der Waals surface area contributed by atoms with Crippen molar-refractivity contribution in [2.45, 2.75) is 6.92 Å². The topological polar surface area (TPSA) is 72.6 Å². The first-order chi connectivity index (χ1) is 8.13. The van der Waals surface area contributed by atoms with Crippen LogP contribution >= 0.6 is 0 Å². The zero-order valence-electron chi connectivity index (χ0n) is 9.43. The third-order valence-corrected chi connectivity index (χ3v) is 2.49. The van der Waals surface area contributed by atoms with Gasteiger partial charge in [0.15, 0.2) is 0 Å². The second kappa shape index (κ2) is 4.29.